The molecule has 0 spiro atoms. The number of ether oxygens (including phenoxy) is 1. The van der Waals surface area contributed by atoms with Crippen molar-refractivity contribution in [1.82, 2.24) is 10.2 Å². The van der Waals surface area contributed by atoms with Gasteiger partial charge < -0.3 is 10.1 Å². The number of nitrogens with one attached hydrogen (secondary N) is 1. The van der Waals surface area contributed by atoms with E-state index in [4.69, 9.17) is 4.74 Å². The number of carbonyl (C=O) groups is 1. The molecule has 1 aromatic carbocycles. The van der Waals surface area contributed by atoms with Crippen LogP contribution in [0.5, 0.6) is 5.75 Å². The van der Waals surface area contributed by atoms with Crippen LogP contribution < -0.4 is 10.1 Å². The first kappa shape index (κ1) is 11.5. The van der Waals surface area contributed by atoms with Crippen LogP contribution >= 0.6 is 11.3 Å². The SMILES string of the molecule is COc1ccccc1CC(=O)Nc1nncs1. The number of amides is 1. The Bertz CT molecular complexity index is 499. The molecule has 2 rings (SSSR count). The van der Waals surface area contributed by atoms with E-state index in [0.29, 0.717) is 10.9 Å². The molecule has 0 radical (unpaired) electrons. The third-order valence-corrected chi connectivity index (χ3v) is 2.76. The highest BCUT2D eigenvalue weighted by molar-refractivity contribution is 7.13. The largest absolute Gasteiger partial charge is 0.496 e. The van der Waals surface area contributed by atoms with E-state index in [9.17, 15) is 4.79 Å². The fraction of sp³-hybridized carbons (Fsp3) is 0.182. The van der Waals surface area contributed by atoms with Crippen molar-refractivity contribution in [2.24, 2.45) is 0 Å². The average molecular weight is 249 g/mol. The zero-order valence-corrected chi connectivity index (χ0v) is 10.0. The molecule has 0 saturated carbocycles. The number of anilines is 1. The van der Waals surface area contributed by atoms with Gasteiger partial charge in [-0.2, -0.15) is 0 Å². The van der Waals surface area contributed by atoms with Crippen molar-refractivity contribution < 1.29 is 9.53 Å². The maximum absolute atomic E-state index is 11.7. The van der Waals surface area contributed by atoms with Gasteiger partial charge in [0.2, 0.25) is 11.0 Å². The lowest BCUT2D eigenvalue weighted by atomic mass is 10.1. The minimum Gasteiger partial charge on any atom is -0.496 e. The molecule has 88 valence electrons. The number of carbonyl (C=O) groups excluding carboxylic acids is 1. The van der Waals surface area contributed by atoms with E-state index in [1.807, 2.05) is 24.3 Å². The summed E-state index contributed by atoms with van der Waals surface area (Å²) in [5.41, 5.74) is 2.41. The Balaban J connectivity index is 2.03. The van der Waals surface area contributed by atoms with E-state index in [1.54, 1.807) is 12.6 Å². The zero-order chi connectivity index (χ0) is 12.1. The molecule has 1 aromatic heterocycles. The molecule has 0 aliphatic heterocycles. The minimum atomic E-state index is -0.133. The van der Waals surface area contributed by atoms with Crippen LogP contribution in [-0.4, -0.2) is 23.2 Å². The molecule has 0 bridgehead atoms. The highest BCUT2D eigenvalue weighted by Crippen LogP contribution is 2.18. The fourth-order valence-corrected chi connectivity index (χ4v) is 1.87. The van der Waals surface area contributed by atoms with Crippen LogP contribution in [-0.2, 0) is 11.2 Å². The maximum atomic E-state index is 11.7. The summed E-state index contributed by atoms with van der Waals surface area (Å²) in [6.45, 7) is 0. The molecule has 6 heteroatoms. The van der Waals surface area contributed by atoms with Crippen LogP contribution in [0, 0.1) is 0 Å². The molecule has 1 amide bonds. The fourth-order valence-electron chi connectivity index (χ4n) is 1.41. The predicted octanol–water partition coefficient (Wildman–Crippen LogP) is 1.73. The molecular formula is C11H11N3O2S. The van der Waals surface area contributed by atoms with Crippen LogP contribution in [0.2, 0.25) is 0 Å². The molecule has 0 aliphatic rings. The van der Waals surface area contributed by atoms with Crippen molar-refractivity contribution in [3.8, 4) is 5.75 Å². The van der Waals surface area contributed by atoms with Crippen LogP contribution in [0.3, 0.4) is 0 Å². The van der Waals surface area contributed by atoms with Gasteiger partial charge in [0.1, 0.15) is 11.3 Å². The number of methoxy groups -OCH3 is 1. The molecule has 1 heterocycles. The number of nitrogens with zero attached hydrogens (tertiary/aromatic N) is 2. The Hall–Kier alpha value is -1.95. The summed E-state index contributed by atoms with van der Waals surface area (Å²) < 4.78 is 5.18. The Labute approximate surface area is 102 Å². The van der Waals surface area contributed by atoms with Crippen LogP contribution in [0.1, 0.15) is 5.56 Å². The summed E-state index contributed by atoms with van der Waals surface area (Å²) in [6, 6.07) is 7.42. The number of hydrogen-bond donors (Lipinski definition) is 1. The molecule has 0 aliphatic carbocycles. The molecule has 0 saturated heterocycles. The molecular weight excluding hydrogens is 238 g/mol. The van der Waals surface area contributed by atoms with Crippen LogP contribution in [0.4, 0.5) is 5.13 Å². The van der Waals surface area contributed by atoms with Crippen molar-refractivity contribution in [1.29, 1.82) is 0 Å². The molecule has 0 fully saturated rings. The van der Waals surface area contributed by atoms with Gasteiger partial charge in [0.25, 0.3) is 0 Å². The number of benzene rings is 1. The second-order valence-electron chi connectivity index (χ2n) is 3.28. The summed E-state index contributed by atoms with van der Waals surface area (Å²) in [5.74, 6) is 0.575. The van der Waals surface area contributed by atoms with Gasteiger partial charge in [0.15, 0.2) is 0 Å². The van der Waals surface area contributed by atoms with Crippen molar-refractivity contribution in [3.63, 3.8) is 0 Å². The van der Waals surface area contributed by atoms with E-state index in [-0.39, 0.29) is 12.3 Å². The van der Waals surface area contributed by atoms with Gasteiger partial charge in [0, 0.05) is 5.56 Å². The summed E-state index contributed by atoms with van der Waals surface area (Å²) in [4.78, 5) is 11.7. The molecule has 1 N–H and O–H groups in total. The van der Waals surface area contributed by atoms with Crippen molar-refractivity contribution in [2.45, 2.75) is 6.42 Å². The van der Waals surface area contributed by atoms with E-state index in [1.165, 1.54) is 11.3 Å². The highest BCUT2D eigenvalue weighted by Gasteiger charge is 2.09. The van der Waals surface area contributed by atoms with Crippen molar-refractivity contribution >= 4 is 22.4 Å². The molecule has 0 unspecified atom stereocenters. The number of para-hydroxylation sites is 1. The minimum absolute atomic E-state index is 0.133. The van der Waals surface area contributed by atoms with Crippen molar-refractivity contribution in [3.05, 3.63) is 35.3 Å². The van der Waals surface area contributed by atoms with Crippen LogP contribution in [0.15, 0.2) is 29.8 Å². The third kappa shape index (κ3) is 3.01. The van der Waals surface area contributed by atoms with Gasteiger partial charge >= 0.3 is 0 Å². The van der Waals surface area contributed by atoms with Crippen molar-refractivity contribution in [2.75, 3.05) is 12.4 Å². The second-order valence-corrected chi connectivity index (χ2v) is 4.11. The third-order valence-electron chi connectivity index (χ3n) is 2.15. The highest BCUT2D eigenvalue weighted by atomic mass is 32.1. The summed E-state index contributed by atoms with van der Waals surface area (Å²) in [7, 11) is 1.58. The summed E-state index contributed by atoms with van der Waals surface area (Å²) in [5, 5.41) is 10.6. The molecule has 2 aromatic rings. The Kier molecular flexibility index (Phi) is 3.66. The first-order valence-electron chi connectivity index (χ1n) is 4.97. The summed E-state index contributed by atoms with van der Waals surface area (Å²) in [6.07, 6.45) is 0.254. The van der Waals surface area contributed by atoms with E-state index >= 15 is 0 Å². The smallest absolute Gasteiger partial charge is 0.230 e. The lowest BCUT2D eigenvalue weighted by molar-refractivity contribution is -0.115. The maximum Gasteiger partial charge on any atom is 0.230 e. The van der Waals surface area contributed by atoms with Crippen LogP contribution in [0.25, 0.3) is 0 Å². The summed E-state index contributed by atoms with van der Waals surface area (Å²) >= 11 is 1.29. The first-order chi connectivity index (χ1) is 8.29. The molecule has 5 nitrogen and oxygen atoms in total. The van der Waals surface area contributed by atoms with Gasteiger partial charge in [-0.3, -0.25) is 4.79 Å². The Morgan fingerprint density at radius 3 is 3.00 bits per heavy atom. The lowest BCUT2D eigenvalue weighted by Crippen LogP contribution is -2.14. The van der Waals surface area contributed by atoms with Gasteiger partial charge in [-0.25, -0.2) is 0 Å². The zero-order valence-electron chi connectivity index (χ0n) is 9.21. The van der Waals surface area contributed by atoms with E-state index < -0.39 is 0 Å². The van der Waals surface area contributed by atoms with Gasteiger partial charge in [-0.05, 0) is 6.07 Å². The quantitative estimate of drug-likeness (QED) is 0.896. The number of rotatable bonds is 4. The standard InChI is InChI=1S/C11H11N3O2S/c1-16-9-5-3-2-4-8(9)6-10(15)13-11-14-12-7-17-11/h2-5,7H,6H2,1H3,(H,13,14,15). The van der Waals surface area contributed by atoms with E-state index in [0.717, 1.165) is 5.56 Å². The molecule has 0 atom stereocenters. The predicted molar refractivity (Wildman–Crippen MR) is 65.2 cm³/mol. The van der Waals surface area contributed by atoms with Gasteiger partial charge in [0.05, 0.1) is 13.5 Å². The normalized spacial score (nSPS) is 9.94. The average Bonchev–Trinajstić information content (AvgIpc) is 2.82. The number of aromatic nitrogens is 2. The number of hydrogen-bond acceptors (Lipinski definition) is 5. The lowest BCUT2D eigenvalue weighted by Gasteiger charge is -2.07. The molecule has 17 heavy (non-hydrogen) atoms. The first-order valence-corrected chi connectivity index (χ1v) is 5.85. The Morgan fingerprint density at radius 1 is 1.47 bits per heavy atom. The van der Waals surface area contributed by atoms with Gasteiger partial charge in [-0.1, -0.05) is 29.5 Å². The monoisotopic (exact) mass is 249 g/mol. The van der Waals surface area contributed by atoms with Gasteiger partial charge in [-0.15, -0.1) is 10.2 Å². The second kappa shape index (κ2) is 5.40. The Morgan fingerprint density at radius 2 is 2.29 bits per heavy atom. The topological polar surface area (TPSA) is 64.1 Å². The van der Waals surface area contributed by atoms with E-state index in [2.05, 4.69) is 15.5 Å².